The molecule has 0 unspecified atom stereocenters. The molecule has 0 bridgehead atoms. The van der Waals surface area contributed by atoms with Gasteiger partial charge in [0.05, 0.1) is 10.5 Å². The van der Waals surface area contributed by atoms with Crippen LogP contribution in [-0.4, -0.2) is 28.1 Å². The summed E-state index contributed by atoms with van der Waals surface area (Å²) in [6, 6.07) is 2.80. The van der Waals surface area contributed by atoms with Crippen LogP contribution >= 0.6 is 28.3 Å². The van der Waals surface area contributed by atoms with Gasteiger partial charge < -0.3 is 5.32 Å². The van der Waals surface area contributed by atoms with Crippen LogP contribution in [0.1, 0.15) is 12.5 Å². The van der Waals surface area contributed by atoms with Gasteiger partial charge in [-0.1, -0.05) is 22.9 Å². The van der Waals surface area contributed by atoms with E-state index in [1.54, 1.807) is 0 Å². The van der Waals surface area contributed by atoms with Gasteiger partial charge in [-0.25, -0.2) is 13.1 Å². The Morgan fingerprint density at radius 2 is 1.86 bits per heavy atom. The Hall–Kier alpha value is -0.350. The van der Waals surface area contributed by atoms with E-state index in [0.717, 1.165) is 12.1 Å². The first kappa shape index (κ1) is 20.6. The van der Waals surface area contributed by atoms with Gasteiger partial charge in [-0.3, -0.25) is 0 Å². The van der Waals surface area contributed by atoms with E-state index in [4.69, 9.17) is 0 Å². The molecular formula is C11H15BrClF3N2O2S. The maximum atomic E-state index is 12.7. The van der Waals surface area contributed by atoms with Crippen molar-refractivity contribution in [3.05, 3.63) is 28.2 Å². The van der Waals surface area contributed by atoms with Gasteiger partial charge in [0.25, 0.3) is 0 Å². The van der Waals surface area contributed by atoms with Gasteiger partial charge >= 0.3 is 6.18 Å². The van der Waals surface area contributed by atoms with Gasteiger partial charge in [0.2, 0.25) is 10.0 Å². The van der Waals surface area contributed by atoms with Crippen LogP contribution in [0.15, 0.2) is 27.6 Å². The first-order valence-corrected chi connectivity index (χ1v) is 8.03. The summed E-state index contributed by atoms with van der Waals surface area (Å²) in [5.41, 5.74) is -1.02. The minimum atomic E-state index is -4.62. The van der Waals surface area contributed by atoms with Crippen molar-refractivity contribution in [3.63, 3.8) is 0 Å². The fourth-order valence-corrected chi connectivity index (χ4v) is 2.95. The molecule has 1 rings (SSSR count). The molecule has 10 heteroatoms. The molecule has 1 aromatic rings. The molecular weight excluding hydrogens is 397 g/mol. The number of hydrogen-bond donors (Lipinski definition) is 2. The summed E-state index contributed by atoms with van der Waals surface area (Å²) in [6.45, 7) is 3.04. The van der Waals surface area contributed by atoms with E-state index >= 15 is 0 Å². The number of alkyl halides is 3. The molecule has 0 saturated heterocycles. The van der Waals surface area contributed by atoms with Gasteiger partial charge in [0.15, 0.2) is 0 Å². The van der Waals surface area contributed by atoms with Crippen LogP contribution in [0.25, 0.3) is 0 Å². The van der Waals surface area contributed by atoms with Gasteiger partial charge in [0, 0.05) is 17.6 Å². The highest BCUT2D eigenvalue weighted by Crippen LogP contribution is 2.35. The smallest absolute Gasteiger partial charge is 0.316 e. The van der Waals surface area contributed by atoms with Crippen molar-refractivity contribution in [2.75, 3.05) is 19.6 Å². The number of halogens is 5. The Morgan fingerprint density at radius 3 is 2.38 bits per heavy atom. The molecule has 21 heavy (non-hydrogen) atoms. The summed E-state index contributed by atoms with van der Waals surface area (Å²) in [4.78, 5) is -0.412. The van der Waals surface area contributed by atoms with E-state index in [1.807, 2.05) is 6.92 Å². The predicted molar refractivity (Wildman–Crippen MR) is 80.1 cm³/mol. The molecule has 0 fully saturated rings. The Labute approximate surface area is 136 Å². The lowest BCUT2D eigenvalue weighted by molar-refractivity contribution is -0.138. The minimum absolute atomic E-state index is 0. The lowest BCUT2D eigenvalue weighted by Crippen LogP contribution is -2.31. The molecule has 0 atom stereocenters. The lowest BCUT2D eigenvalue weighted by Gasteiger charge is -2.12. The molecule has 0 amide bonds. The third-order valence-electron chi connectivity index (χ3n) is 2.40. The second-order valence-corrected chi connectivity index (χ2v) is 6.51. The van der Waals surface area contributed by atoms with Crippen molar-refractivity contribution in [1.82, 2.24) is 10.0 Å². The fourth-order valence-electron chi connectivity index (χ4n) is 1.42. The molecule has 1 aromatic carbocycles. The highest BCUT2D eigenvalue weighted by atomic mass is 79.9. The van der Waals surface area contributed by atoms with Crippen LogP contribution in [0.4, 0.5) is 13.2 Å². The van der Waals surface area contributed by atoms with Gasteiger partial charge in [-0.15, -0.1) is 12.4 Å². The summed E-state index contributed by atoms with van der Waals surface area (Å²) in [5.74, 6) is 0. The lowest BCUT2D eigenvalue weighted by atomic mass is 10.2. The Morgan fingerprint density at radius 1 is 1.24 bits per heavy atom. The van der Waals surface area contributed by atoms with Crippen LogP contribution in [-0.2, 0) is 16.2 Å². The monoisotopic (exact) mass is 410 g/mol. The van der Waals surface area contributed by atoms with Crippen molar-refractivity contribution >= 4 is 38.4 Å². The maximum Gasteiger partial charge on any atom is 0.417 e. The molecule has 0 radical (unpaired) electrons. The zero-order valence-electron chi connectivity index (χ0n) is 11.0. The third kappa shape index (κ3) is 6.11. The largest absolute Gasteiger partial charge is 0.417 e. The van der Waals surface area contributed by atoms with Crippen LogP contribution in [0.2, 0.25) is 0 Å². The number of rotatable bonds is 6. The van der Waals surface area contributed by atoms with Crippen molar-refractivity contribution in [2.24, 2.45) is 0 Å². The SMILES string of the molecule is CCNCCNS(=O)(=O)c1ccc(Br)c(C(F)(F)F)c1.Cl. The van der Waals surface area contributed by atoms with Gasteiger partial charge in [0.1, 0.15) is 0 Å². The number of nitrogens with one attached hydrogen (secondary N) is 2. The number of benzene rings is 1. The quantitative estimate of drug-likeness (QED) is 0.708. The first-order valence-electron chi connectivity index (χ1n) is 5.75. The standard InChI is InChI=1S/C11H14BrF3N2O2S.ClH/c1-2-16-5-6-17-20(18,19)8-3-4-10(12)9(7-8)11(13,14)15;/h3-4,7,16-17H,2,5-6H2,1H3;1H. The summed E-state index contributed by atoms with van der Waals surface area (Å²) < 4.78 is 63.9. The molecule has 0 aliphatic rings. The molecule has 0 saturated carbocycles. The summed E-state index contributed by atoms with van der Waals surface area (Å²) in [7, 11) is -3.95. The average Bonchev–Trinajstić information content (AvgIpc) is 2.33. The van der Waals surface area contributed by atoms with E-state index in [1.165, 1.54) is 0 Å². The molecule has 0 spiro atoms. The van der Waals surface area contributed by atoms with Crippen molar-refractivity contribution in [3.8, 4) is 0 Å². The number of likely N-dealkylation sites (N-methyl/N-ethyl adjacent to an activating group) is 1. The van der Waals surface area contributed by atoms with Crippen LogP contribution < -0.4 is 10.0 Å². The second kappa shape index (κ2) is 8.33. The molecule has 0 aromatic heterocycles. The van der Waals surface area contributed by atoms with Crippen molar-refractivity contribution in [2.45, 2.75) is 18.0 Å². The Balaban J connectivity index is 0.00000400. The zero-order chi connectivity index (χ0) is 15.4. The number of hydrogen-bond acceptors (Lipinski definition) is 3. The number of sulfonamides is 1. The van der Waals surface area contributed by atoms with Crippen molar-refractivity contribution < 1.29 is 21.6 Å². The van der Waals surface area contributed by atoms with E-state index in [-0.39, 0.29) is 23.4 Å². The van der Waals surface area contributed by atoms with Crippen LogP contribution in [0.5, 0.6) is 0 Å². The second-order valence-electron chi connectivity index (χ2n) is 3.89. The summed E-state index contributed by atoms with van der Waals surface area (Å²) in [5, 5.41) is 2.90. The minimum Gasteiger partial charge on any atom is -0.316 e. The van der Waals surface area contributed by atoms with Crippen LogP contribution in [0, 0.1) is 0 Å². The normalized spacial score (nSPS) is 12.0. The topological polar surface area (TPSA) is 58.2 Å². The van der Waals surface area contributed by atoms with E-state index < -0.39 is 26.7 Å². The zero-order valence-corrected chi connectivity index (χ0v) is 14.2. The highest BCUT2D eigenvalue weighted by molar-refractivity contribution is 9.10. The Bertz CT molecular complexity index is 567. The summed E-state index contributed by atoms with van der Waals surface area (Å²) in [6.07, 6.45) is -4.62. The maximum absolute atomic E-state index is 12.7. The molecule has 2 N–H and O–H groups in total. The van der Waals surface area contributed by atoms with Gasteiger partial charge in [-0.2, -0.15) is 13.2 Å². The first-order chi connectivity index (χ1) is 9.18. The molecule has 0 aliphatic carbocycles. The Kier molecular flexibility index (Phi) is 8.19. The predicted octanol–water partition coefficient (Wildman–Crippen LogP) is 2.78. The molecule has 0 aliphatic heterocycles. The van der Waals surface area contributed by atoms with Crippen LogP contribution in [0.3, 0.4) is 0 Å². The highest BCUT2D eigenvalue weighted by Gasteiger charge is 2.34. The summed E-state index contributed by atoms with van der Waals surface area (Å²) >= 11 is 2.76. The van der Waals surface area contributed by atoms with E-state index in [9.17, 15) is 21.6 Å². The van der Waals surface area contributed by atoms with Gasteiger partial charge in [-0.05, 0) is 24.7 Å². The third-order valence-corrected chi connectivity index (χ3v) is 4.55. The van der Waals surface area contributed by atoms with E-state index in [0.29, 0.717) is 19.2 Å². The van der Waals surface area contributed by atoms with E-state index in [2.05, 4.69) is 26.0 Å². The molecule has 122 valence electrons. The van der Waals surface area contributed by atoms with Crippen molar-refractivity contribution in [1.29, 1.82) is 0 Å². The molecule has 0 heterocycles. The molecule has 4 nitrogen and oxygen atoms in total. The fraction of sp³-hybridized carbons (Fsp3) is 0.455. The average molecular weight is 412 g/mol.